The Hall–Kier alpha value is -2.94. The third-order valence-corrected chi connectivity index (χ3v) is 5.11. The molecule has 0 aliphatic carbocycles. The second-order valence-electron chi connectivity index (χ2n) is 6.84. The number of rotatable bonds is 6. The SMILES string of the molecule is Cn1nccc(NCC(=O)N2CCC(Oc3cc([N+](C)=O)ccc3Cl)CC2)c1=O. The van der Waals surface area contributed by atoms with E-state index in [2.05, 4.69) is 10.4 Å². The van der Waals surface area contributed by atoms with Crippen LogP contribution in [0.5, 0.6) is 5.75 Å². The van der Waals surface area contributed by atoms with Crippen molar-refractivity contribution >= 4 is 28.9 Å². The van der Waals surface area contributed by atoms with E-state index in [0.717, 1.165) is 4.76 Å². The summed E-state index contributed by atoms with van der Waals surface area (Å²) in [7, 11) is 2.96. The fraction of sp³-hybridized carbons (Fsp3) is 0.421. The van der Waals surface area contributed by atoms with Crippen LogP contribution in [0.4, 0.5) is 11.4 Å². The van der Waals surface area contributed by atoms with E-state index in [1.165, 1.54) is 17.9 Å². The fourth-order valence-electron chi connectivity index (χ4n) is 3.10. The molecule has 1 aliphatic heterocycles. The summed E-state index contributed by atoms with van der Waals surface area (Å²) in [6.07, 6.45) is 2.71. The molecule has 1 aromatic carbocycles. The van der Waals surface area contributed by atoms with Gasteiger partial charge in [-0.2, -0.15) is 5.10 Å². The number of aromatic nitrogens is 2. The van der Waals surface area contributed by atoms with Crippen LogP contribution in [0.1, 0.15) is 12.8 Å². The zero-order valence-electron chi connectivity index (χ0n) is 16.3. The zero-order valence-corrected chi connectivity index (χ0v) is 17.1. The molecule has 1 amide bonds. The Balaban J connectivity index is 1.52. The van der Waals surface area contributed by atoms with Crippen molar-refractivity contribution in [2.45, 2.75) is 18.9 Å². The number of amides is 1. The van der Waals surface area contributed by atoms with Crippen LogP contribution in [0.3, 0.4) is 0 Å². The summed E-state index contributed by atoms with van der Waals surface area (Å²) in [4.78, 5) is 37.6. The molecule has 0 atom stereocenters. The van der Waals surface area contributed by atoms with E-state index in [1.54, 1.807) is 36.2 Å². The Morgan fingerprint density at radius 2 is 2.07 bits per heavy atom. The van der Waals surface area contributed by atoms with E-state index in [0.29, 0.717) is 48.1 Å². The molecule has 1 N–H and O–H groups in total. The molecule has 0 spiro atoms. The number of hydrogen-bond donors (Lipinski definition) is 1. The van der Waals surface area contributed by atoms with Crippen LogP contribution >= 0.6 is 11.6 Å². The molecule has 0 saturated carbocycles. The number of aryl methyl sites for hydroxylation is 1. The number of nitrogens with zero attached hydrogens (tertiary/aromatic N) is 4. The van der Waals surface area contributed by atoms with Gasteiger partial charge in [-0.15, -0.1) is 0 Å². The quantitative estimate of drug-likeness (QED) is 0.717. The molecular formula is C19H23ClN5O4+. The molecule has 0 unspecified atom stereocenters. The van der Waals surface area contributed by atoms with E-state index < -0.39 is 0 Å². The van der Waals surface area contributed by atoms with Gasteiger partial charge in [0.15, 0.2) is 7.05 Å². The number of benzene rings is 1. The summed E-state index contributed by atoms with van der Waals surface area (Å²) in [6.45, 7) is 1.12. The second-order valence-corrected chi connectivity index (χ2v) is 7.24. The highest BCUT2D eigenvalue weighted by atomic mass is 35.5. The standard InChI is InChI=1S/C19H23ClN5O4/c1-23-19(27)16(5-8-22-23)21-12-18(26)25-9-6-14(7-10-25)29-17-11-13(24(2)28)3-4-15(17)20/h3-5,8,11,14,21H,6-7,9-10,12H2,1-2H3/q+1. The number of carbonyl (C=O) groups is 1. The lowest BCUT2D eigenvalue weighted by molar-refractivity contribution is -0.428. The first-order chi connectivity index (χ1) is 13.8. The number of anilines is 1. The van der Waals surface area contributed by atoms with Crippen molar-refractivity contribution in [2.24, 2.45) is 7.05 Å². The second kappa shape index (κ2) is 9.04. The highest BCUT2D eigenvalue weighted by Crippen LogP contribution is 2.31. The zero-order chi connectivity index (χ0) is 21.0. The molecule has 1 aliphatic rings. The summed E-state index contributed by atoms with van der Waals surface area (Å²) >= 11 is 6.17. The van der Waals surface area contributed by atoms with Crippen molar-refractivity contribution in [3.05, 3.63) is 50.7 Å². The van der Waals surface area contributed by atoms with Crippen LogP contribution in [-0.4, -0.2) is 58.1 Å². The summed E-state index contributed by atoms with van der Waals surface area (Å²) < 4.78 is 7.91. The number of nitrogens with one attached hydrogen (secondary N) is 1. The highest BCUT2D eigenvalue weighted by molar-refractivity contribution is 6.32. The smallest absolute Gasteiger partial charge is 0.289 e. The van der Waals surface area contributed by atoms with Crippen molar-refractivity contribution in [3.8, 4) is 5.75 Å². The van der Waals surface area contributed by atoms with E-state index in [4.69, 9.17) is 16.3 Å². The number of likely N-dealkylation sites (tertiary alicyclic amines) is 1. The Bertz CT molecular complexity index is 969. The van der Waals surface area contributed by atoms with Gasteiger partial charge in [-0.1, -0.05) is 11.6 Å². The molecule has 0 bridgehead atoms. The van der Waals surface area contributed by atoms with Crippen LogP contribution in [0.2, 0.25) is 5.02 Å². The van der Waals surface area contributed by atoms with Crippen LogP contribution in [-0.2, 0) is 11.8 Å². The van der Waals surface area contributed by atoms with Crippen molar-refractivity contribution in [3.63, 3.8) is 0 Å². The first kappa shape index (κ1) is 20.8. The monoisotopic (exact) mass is 420 g/mol. The van der Waals surface area contributed by atoms with Crippen molar-refractivity contribution in [2.75, 3.05) is 32.0 Å². The van der Waals surface area contributed by atoms with Gasteiger partial charge < -0.3 is 15.0 Å². The average Bonchev–Trinajstić information content (AvgIpc) is 2.71. The minimum absolute atomic E-state index is 0.0362. The number of halogens is 1. The third kappa shape index (κ3) is 5.11. The molecular weight excluding hydrogens is 398 g/mol. The van der Waals surface area contributed by atoms with Gasteiger partial charge in [-0.05, 0) is 12.1 Å². The van der Waals surface area contributed by atoms with Gasteiger partial charge in [0.05, 0.1) is 17.6 Å². The van der Waals surface area contributed by atoms with Gasteiger partial charge in [0, 0.05) is 54.9 Å². The van der Waals surface area contributed by atoms with Crippen LogP contribution in [0.15, 0.2) is 35.3 Å². The van der Waals surface area contributed by atoms with E-state index >= 15 is 0 Å². The number of hydrogen-bond acceptors (Lipinski definition) is 6. The van der Waals surface area contributed by atoms with Gasteiger partial charge >= 0.3 is 0 Å². The first-order valence-electron chi connectivity index (χ1n) is 9.26. The summed E-state index contributed by atoms with van der Waals surface area (Å²) in [5.41, 5.74) is 0.521. The highest BCUT2D eigenvalue weighted by Gasteiger charge is 2.25. The largest absolute Gasteiger partial charge is 0.488 e. The number of ether oxygens (including phenoxy) is 1. The Morgan fingerprint density at radius 3 is 2.76 bits per heavy atom. The van der Waals surface area contributed by atoms with Crippen LogP contribution in [0.25, 0.3) is 0 Å². The maximum absolute atomic E-state index is 12.4. The van der Waals surface area contributed by atoms with E-state index in [1.807, 2.05) is 0 Å². The van der Waals surface area contributed by atoms with Crippen LogP contribution in [0, 0.1) is 4.91 Å². The Kier molecular flexibility index (Phi) is 6.48. The normalized spacial score (nSPS) is 14.5. The maximum Gasteiger partial charge on any atom is 0.289 e. The van der Waals surface area contributed by atoms with Gasteiger partial charge in [-0.25, -0.2) is 4.68 Å². The first-order valence-corrected chi connectivity index (χ1v) is 9.64. The number of nitroso groups, excluding NO2 is 1. The maximum atomic E-state index is 12.4. The van der Waals surface area contributed by atoms with E-state index in [9.17, 15) is 14.5 Å². The van der Waals surface area contributed by atoms with Gasteiger partial charge in [0.2, 0.25) is 5.91 Å². The number of carbonyl (C=O) groups excluding carboxylic acids is 1. The Morgan fingerprint density at radius 1 is 1.34 bits per heavy atom. The van der Waals surface area contributed by atoms with Gasteiger partial charge in [0.1, 0.15) is 17.5 Å². The van der Waals surface area contributed by atoms with Gasteiger partial charge in [0.25, 0.3) is 11.2 Å². The molecule has 2 aromatic rings. The predicted octanol–water partition coefficient (Wildman–Crippen LogP) is 1.96. The van der Waals surface area contributed by atoms with Crippen molar-refractivity contribution in [1.29, 1.82) is 0 Å². The lowest BCUT2D eigenvalue weighted by Crippen LogP contribution is -2.44. The minimum atomic E-state index is -0.282. The molecule has 1 fully saturated rings. The minimum Gasteiger partial charge on any atom is -0.488 e. The Labute approximate surface area is 172 Å². The van der Waals surface area contributed by atoms with Crippen molar-refractivity contribution < 1.29 is 14.3 Å². The summed E-state index contributed by atoms with van der Waals surface area (Å²) in [5.74, 6) is 0.377. The summed E-state index contributed by atoms with van der Waals surface area (Å²) in [5, 5.41) is 7.17. The molecule has 154 valence electrons. The van der Waals surface area contributed by atoms with Gasteiger partial charge in [-0.3, -0.25) is 9.59 Å². The van der Waals surface area contributed by atoms with E-state index in [-0.39, 0.29) is 24.1 Å². The molecule has 3 rings (SSSR count). The molecule has 9 nitrogen and oxygen atoms in total. The van der Waals surface area contributed by atoms with Crippen molar-refractivity contribution in [1.82, 2.24) is 14.7 Å². The molecule has 1 aromatic heterocycles. The topological polar surface area (TPSA) is 96.5 Å². The lowest BCUT2D eigenvalue weighted by Gasteiger charge is -2.32. The number of piperidine rings is 1. The third-order valence-electron chi connectivity index (χ3n) is 4.80. The molecule has 29 heavy (non-hydrogen) atoms. The fourth-order valence-corrected chi connectivity index (χ4v) is 3.27. The average molecular weight is 421 g/mol. The van der Waals surface area contributed by atoms with Crippen LogP contribution < -0.4 is 15.6 Å². The predicted molar refractivity (Wildman–Crippen MR) is 109 cm³/mol. The molecule has 0 radical (unpaired) electrons. The summed E-state index contributed by atoms with van der Waals surface area (Å²) in [6, 6.07) is 6.43. The molecule has 1 saturated heterocycles. The molecule has 10 heteroatoms. The molecule has 2 heterocycles. The lowest BCUT2D eigenvalue weighted by atomic mass is 10.1.